The van der Waals surface area contributed by atoms with Crippen molar-refractivity contribution < 1.29 is 4.74 Å². The smallest absolute Gasteiger partial charge is 0.222 e. The van der Waals surface area contributed by atoms with Gasteiger partial charge in [-0.3, -0.25) is 0 Å². The van der Waals surface area contributed by atoms with Crippen molar-refractivity contribution in [1.29, 1.82) is 0 Å². The molecular weight excluding hydrogens is 324 g/mol. The van der Waals surface area contributed by atoms with Crippen molar-refractivity contribution in [3.05, 3.63) is 65.1 Å². The lowest BCUT2D eigenvalue weighted by atomic mass is 10.0. The van der Waals surface area contributed by atoms with Crippen LogP contribution in [0.4, 0.5) is 5.95 Å². The number of nitrogens with one attached hydrogen (secondary N) is 1. The van der Waals surface area contributed by atoms with Crippen molar-refractivity contribution in [1.82, 2.24) is 15.0 Å². The standard InChI is InChI=1S/C18H17ClN4O/c1-20-18-22-10-13(11-23-18)6-12-7-16(17(24-2)21-9-12)14-4-3-5-15(19)8-14/h3-5,7-11H,6H2,1-2H3,(H,20,22,23). The molecule has 0 radical (unpaired) electrons. The van der Waals surface area contributed by atoms with E-state index in [2.05, 4.69) is 26.3 Å². The molecule has 2 aromatic heterocycles. The molecule has 0 aliphatic carbocycles. The molecule has 3 rings (SSSR count). The van der Waals surface area contributed by atoms with Crippen LogP contribution < -0.4 is 10.1 Å². The Morgan fingerprint density at radius 2 is 1.79 bits per heavy atom. The Balaban J connectivity index is 1.93. The first-order valence-electron chi connectivity index (χ1n) is 7.47. The van der Waals surface area contributed by atoms with Gasteiger partial charge in [-0.2, -0.15) is 0 Å². The van der Waals surface area contributed by atoms with E-state index in [-0.39, 0.29) is 0 Å². The van der Waals surface area contributed by atoms with Crippen molar-refractivity contribution in [3.8, 4) is 17.0 Å². The second kappa shape index (κ2) is 7.27. The van der Waals surface area contributed by atoms with E-state index in [0.29, 0.717) is 23.3 Å². The number of nitrogens with zero attached hydrogens (tertiary/aromatic N) is 3. The molecule has 0 fully saturated rings. The van der Waals surface area contributed by atoms with Crippen LogP contribution in [-0.4, -0.2) is 29.1 Å². The van der Waals surface area contributed by atoms with Crippen molar-refractivity contribution in [3.63, 3.8) is 0 Å². The molecule has 0 saturated heterocycles. The lowest BCUT2D eigenvalue weighted by Gasteiger charge is -2.10. The summed E-state index contributed by atoms with van der Waals surface area (Å²) in [7, 11) is 3.40. The summed E-state index contributed by atoms with van der Waals surface area (Å²) in [6.07, 6.45) is 6.11. The van der Waals surface area contributed by atoms with Crippen LogP contribution in [0.2, 0.25) is 5.02 Å². The van der Waals surface area contributed by atoms with Crippen molar-refractivity contribution >= 4 is 17.5 Å². The minimum Gasteiger partial charge on any atom is -0.481 e. The van der Waals surface area contributed by atoms with Crippen LogP contribution in [0.3, 0.4) is 0 Å². The summed E-state index contributed by atoms with van der Waals surface area (Å²) in [5, 5.41) is 3.58. The van der Waals surface area contributed by atoms with Crippen molar-refractivity contribution in [2.24, 2.45) is 0 Å². The number of benzene rings is 1. The molecule has 1 aromatic carbocycles. The first-order chi connectivity index (χ1) is 11.7. The topological polar surface area (TPSA) is 59.9 Å². The molecule has 0 aliphatic rings. The maximum Gasteiger partial charge on any atom is 0.222 e. The molecular formula is C18H17ClN4O. The summed E-state index contributed by atoms with van der Waals surface area (Å²) >= 11 is 6.10. The average molecular weight is 341 g/mol. The van der Waals surface area contributed by atoms with Gasteiger partial charge in [0.25, 0.3) is 0 Å². The van der Waals surface area contributed by atoms with E-state index < -0.39 is 0 Å². The SMILES string of the molecule is CNc1ncc(Cc2cnc(OC)c(-c3cccc(Cl)c3)c2)cn1. The van der Waals surface area contributed by atoms with Crippen LogP contribution >= 0.6 is 11.6 Å². The van der Waals surface area contributed by atoms with Crippen molar-refractivity contribution in [2.45, 2.75) is 6.42 Å². The van der Waals surface area contributed by atoms with E-state index in [1.54, 1.807) is 20.4 Å². The van der Waals surface area contributed by atoms with Gasteiger partial charge in [-0.1, -0.05) is 23.7 Å². The van der Waals surface area contributed by atoms with E-state index in [0.717, 1.165) is 22.3 Å². The Labute approximate surface area is 145 Å². The Bertz CT molecular complexity index is 837. The van der Waals surface area contributed by atoms with Gasteiger partial charge in [0.1, 0.15) is 0 Å². The number of rotatable bonds is 5. The van der Waals surface area contributed by atoms with Gasteiger partial charge in [-0.15, -0.1) is 0 Å². The van der Waals surface area contributed by atoms with E-state index >= 15 is 0 Å². The fourth-order valence-electron chi connectivity index (χ4n) is 2.43. The maximum absolute atomic E-state index is 6.10. The zero-order valence-electron chi connectivity index (χ0n) is 13.5. The highest BCUT2D eigenvalue weighted by atomic mass is 35.5. The van der Waals surface area contributed by atoms with Crippen LogP contribution in [0, 0.1) is 0 Å². The normalized spacial score (nSPS) is 10.5. The van der Waals surface area contributed by atoms with Crippen molar-refractivity contribution in [2.75, 3.05) is 19.5 Å². The monoisotopic (exact) mass is 340 g/mol. The zero-order valence-corrected chi connectivity index (χ0v) is 14.2. The number of halogens is 1. The second-order valence-corrected chi connectivity index (χ2v) is 5.69. The van der Waals surface area contributed by atoms with E-state index in [1.165, 1.54) is 0 Å². The summed E-state index contributed by atoms with van der Waals surface area (Å²) in [6.45, 7) is 0. The maximum atomic E-state index is 6.10. The quantitative estimate of drug-likeness (QED) is 0.764. The third kappa shape index (κ3) is 3.63. The van der Waals surface area contributed by atoms with Gasteiger partial charge in [-0.05, 0) is 34.9 Å². The minimum atomic E-state index is 0.572. The lowest BCUT2D eigenvalue weighted by Crippen LogP contribution is -1.99. The van der Waals surface area contributed by atoms with Gasteiger partial charge in [0, 0.05) is 42.6 Å². The zero-order chi connectivity index (χ0) is 16.9. The molecule has 0 unspecified atom stereocenters. The molecule has 0 saturated carbocycles. The van der Waals surface area contributed by atoms with E-state index in [1.807, 2.05) is 36.7 Å². The number of aromatic nitrogens is 3. The van der Waals surface area contributed by atoms with Gasteiger partial charge in [0.05, 0.1) is 7.11 Å². The predicted molar refractivity (Wildman–Crippen MR) is 95.6 cm³/mol. The van der Waals surface area contributed by atoms with Crippen LogP contribution in [0.5, 0.6) is 5.88 Å². The molecule has 0 amide bonds. The summed E-state index contributed by atoms with van der Waals surface area (Å²) in [5.74, 6) is 1.18. The third-order valence-corrected chi connectivity index (χ3v) is 3.81. The van der Waals surface area contributed by atoms with E-state index in [9.17, 15) is 0 Å². The number of ether oxygens (including phenoxy) is 1. The minimum absolute atomic E-state index is 0.572. The fraction of sp³-hybridized carbons (Fsp3) is 0.167. The Morgan fingerprint density at radius 3 is 2.46 bits per heavy atom. The fourth-order valence-corrected chi connectivity index (χ4v) is 2.62. The first-order valence-corrected chi connectivity index (χ1v) is 7.85. The molecule has 5 nitrogen and oxygen atoms in total. The Morgan fingerprint density at radius 1 is 1.04 bits per heavy atom. The number of hydrogen-bond acceptors (Lipinski definition) is 5. The predicted octanol–water partition coefficient (Wildman–Crippen LogP) is 3.83. The van der Waals surface area contributed by atoms with Crippen LogP contribution in [0.15, 0.2) is 48.9 Å². The molecule has 6 heteroatoms. The van der Waals surface area contributed by atoms with Gasteiger partial charge in [0.15, 0.2) is 0 Å². The molecule has 0 aliphatic heterocycles. The van der Waals surface area contributed by atoms with Gasteiger partial charge in [-0.25, -0.2) is 15.0 Å². The number of hydrogen-bond donors (Lipinski definition) is 1. The van der Waals surface area contributed by atoms with Crippen LogP contribution in [0.25, 0.3) is 11.1 Å². The number of methoxy groups -OCH3 is 1. The largest absolute Gasteiger partial charge is 0.481 e. The Hall–Kier alpha value is -2.66. The van der Waals surface area contributed by atoms with Gasteiger partial charge < -0.3 is 10.1 Å². The van der Waals surface area contributed by atoms with Gasteiger partial charge in [0.2, 0.25) is 11.8 Å². The van der Waals surface area contributed by atoms with Gasteiger partial charge >= 0.3 is 0 Å². The number of pyridine rings is 1. The summed E-state index contributed by atoms with van der Waals surface area (Å²) < 4.78 is 5.39. The molecule has 0 spiro atoms. The molecule has 122 valence electrons. The molecule has 0 bridgehead atoms. The average Bonchev–Trinajstić information content (AvgIpc) is 2.62. The molecule has 24 heavy (non-hydrogen) atoms. The molecule has 1 N–H and O–H groups in total. The highest BCUT2D eigenvalue weighted by molar-refractivity contribution is 6.30. The Kier molecular flexibility index (Phi) is 4.91. The summed E-state index contributed by atoms with van der Waals surface area (Å²) in [5.41, 5.74) is 3.94. The highest BCUT2D eigenvalue weighted by Gasteiger charge is 2.10. The molecule has 0 atom stereocenters. The van der Waals surface area contributed by atoms with E-state index in [4.69, 9.17) is 16.3 Å². The summed E-state index contributed by atoms with van der Waals surface area (Å²) in [4.78, 5) is 12.9. The van der Waals surface area contributed by atoms with Crippen LogP contribution in [-0.2, 0) is 6.42 Å². The second-order valence-electron chi connectivity index (χ2n) is 5.25. The molecule has 3 aromatic rings. The van der Waals surface area contributed by atoms with Crippen LogP contribution in [0.1, 0.15) is 11.1 Å². The lowest BCUT2D eigenvalue weighted by molar-refractivity contribution is 0.399. The number of anilines is 1. The molecule has 2 heterocycles. The third-order valence-electron chi connectivity index (χ3n) is 3.57. The first kappa shape index (κ1) is 16.2. The summed E-state index contributed by atoms with van der Waals surface area (Å²) in [6, 6.07) is 9.70. The highest BCUT2D eigenvalue weighted by Crippen LogP contribution is 2.31.